The van der Waals surface area contributed by atoms with E-state index in [0.717, 1.165) is 25.9 Å². The molecule has 1 saturated heterocycles. The number of halogens is 1. The molecule has 2 N–H and O–H groups in total. The first-order valence-electron chi connectivity index (χ1n) is 8.50. The van der Waals surface area contributed by atoms with Gasteiger partial charge in [0.25, 0.3) is 5.91 Å². The van der Waals surface area contributed by atoms with Gasteiger partial charge in [0.1, 0.15) is 11.9 Å². The normalized spacial score (nSPS) is 15.1. The molecule has 2 rings (SSSR count). The van der Waals surface area contributed by atoms with E-state index in [1.807, 2.05) is 0 Å². The lowest BCUT2D eigenvalue weighted by Crippen LogP contribution is -2.51. The van der Waals surface area contributed by atoms with Gasteiger partial charge in [-0.05, 0) is 43.0 Å². The predicted octanol–water partition coefficient (Wildman–Crippen LogP) is 1.32. The van der Waals surface area contributed by atoms with Crippen LogP contribution in [0.15, 0.2) is 24.3 Å². The Morgan fingerprint density at radius 3 is 2.28 bits per heavy atom. The van der Waals surface area contributed by atoms with Crippen molar-refractivity contribution in [1.29, 1.82) is 0 Å². The number of hydrogen-bond acceptors (Lipinski definition) is 3. The minimum absolute atomic E-state index is 0.0749. The third kappa shape index (κ3) is 5.27. The van der Waals surface area contributed by atoms with Crippen molar-refractivity contribution in [1.82, 2.24) is 15.5 Å². The highest BCUT2D eigenvalue weighted by Crippen LogP contribution is 2.08. The molecule has 1 atom stereocenters. The molecule has 1 aromatic carbocycles. The zero-order valence-corrected chi connectivity index (χ0v) is 14.5. The van der Waals surface area contributed by atoms with Crippen molar-refractivity contribution >= 4 is 17.7 Å². The van der Waals surface area contributed by atoms with E-state index in [9.17, 15) is 18.8 Å². The van der Waals surface area contributed by atoms with Crippen LogP contribution < -0.4 is 10.6 Å². The van der Waals surface area contributed by atoms with Gasteiger partial charge in [0.2, 0.25) is 11.8 Å². The highest BCUT2D eigenvalue weighted by molar-refractivity contribution is 5.98. The SMILES string of the molecule is CC(C)C(NC(=O)c1ccc(F)cc1)C(=O)NCC(=O)N1CCCC1. The summed E-state index contributed by atoms with van der Waals surface area (Å²) >= 11 is 0. The Kier molecular flexibility index (Phi) is 6.50. The second-order valence-corrected chi connectivity index (χ2v) is 6.51. The average molecular weight is 349 g/mol. The Bertz CT molecular complexity index is 625. The van der Waals surface area contributed by atoms with Crippen LogP contribution in [0.25, 0.3) is 0 Å². The topological polar surface area (TPSA) is 78.5 Å². The zero-order chi connectivity index (χ0) is 18.4. The Hall–Kier alpha value is -2.44. The Morgan fingerprint density at radius 2 is 1.72 bits per heavy atom. The second kappa shape index (κ2) is 8.60. The van der Waals surface area contributed by atoms with Gasteiger partial charge in [0.15, 0.2) is 0 Å². The van der Waals surface area contributed by atoms with Crippen molar-refractivity contribution in [3.05, 3.63) is 35.6 Å². The molecule has 3 amide bonds. The number of likely N-dealkylation sites (tertiary alicyclic amines) is 1. The fourth-order valence-electron chi connectivity index (χ4n) is 2.71. The Balaban J connectivity index is 1.92. The largest absolute Gasteiger partial charge is 0.345 e. The van der Waals surface area contributed by atoms with Gasteiger partial charge >= 0.3 is 0 Å². The number of nitrogens with one attached hydrogen (secondary N) is 2. The van der Waals surface area contributed by atoms with Gasteiger partial charge in [-0.2, -0.15) is 0 Å². The van der Waals surface area contributed by atoms with Crippen LogP contribution in [-0.2, 0) is 9.59 Å². The lowest BCUT2D eigenvalue weighted by Gasteiger charge is -2.22. The van der Waals surface area contributed by atoms with Crippen LogP contribution in [0.1, 0.15) is 37.0 Å². The standard InChI is InChI=1S/C18H24FN3O3/c1-12(2)16(21-17(24)13-5-7-14(19)8-6-13)18(25)20-11-15(23)22-9-3-4-10-22/h5-8,12,16H,3-4,9-11H2,1-2H3,(H,20,25)(H,21,24). The molecular formula is C18H24FN3O3. The average Bonchev–Trinajstić information content (AvgIpc) is 3.12. The van der Waals surface area contributed by atoms with Crippen LogP contribution in [0.2, 0.25) is 0 Å². The number of carbonyl (C=O) groups is 3. The van der Waals surface area contributed by atoms with Gasteiger partial charge in [-0.3, -0.25) is 14.4 Å². The minimum Gasteiger partial charge on any atom is -0.345 e. The van der Waals surface area contributed by atoms with Crippen molar-refractivity contribution in [3.8, 4) is 0 Å². The number of rotatable bonds is 6. The van der Waals surface area contributed by atoms with E-state index in [4.69, 9.17) is 0 Å². The molecule has 1 aliphatic heterocycles. The van der Waals surface area contributed by atoms with E-state index in [-0.39, 0.29) is 23.9 Å². The maximum Gasteiger partial charge on any atom is 0.251 e. The fourth-order valence-corrected chi connectivity index (χ4v) is 2.71. The molecule has 1 heterocycles. The first kappa shape index (κ1) is 18.9. The molecule has 1 unspecified atom stereocenters. The van der Waals surface area contributed by atoms with Gasteiger partial charge in [-0.25, -0.2) is 4.39 Å². The maximum atomic E-state index is 12.9. The fraction of sp³-hybridized carbons (Fsp3) is 0.500. The van der Waals surface area contributed by atoms with Crippen molar-refractivity contribution in [2.75, 3.05) is 19.6 Å². The third-order valence-corrected chi connectivity index (χ3v) is 4.21. The first-order valence-corrected chi connectivity index (χ1v) is 8.50. The van der Waals surface area contributed by atoms with Crippen molar-refractivity contribution < 1.29 is 18.8 Å². The Morgan fingerprint density at radius 1 is 1.12 bits per heavy atom. The van der Waals surface area contributed by atoms with Crippen LogP contribution in [0.5, 0.6) is 0 Å². The molecule has 7 heteroatoms. The lowest BCUT2D eigenvalue weighted by atomic mass is 10.0. The number of hydrogen-bond donors (Lipinski definition) is 2. The summed E-state index contributed by atoms with van der Waals surface area (Å²) in [5.74, 6) is -1.57. The van der Waals surface area contributed by atoms with Gasteiger partial charge in [0, 0.05) is 18.7 Å². The smallest absolute Gasteiger partial charge is 0.251 e. The summed E-state index contributed by atoms with van der Waals surface area (Å²) in [5, 5.41) is 5.25. The molecule has 25 heavy (non-hydrogen) atoms. The zero-order valence-electron chi connectivity index (χ0n) is 14.5. The molecule has 0 bridgehead atoms. The molecule has 1 fully saturated rings. The van der Waals surface area contributed by atoms with Crippen molar-refractivity contribution in [3.63, 3.8) is 0 Å². The summed E-state index contributed by atoms with van der Waals surface area (Å²) in [6, 6.07) is 4.32. The first-order chi connectivity index (χ1) is 11.9. The number of carbonyl (C=O) groups excluding carboxylic acids is 3. The molecule has 1 aromatic rings. The van der Waals surface area contributed by atoms with Crippen LogP contribution in [0, 0.1) is 11.7 Å². The van der Waals surface area contributed by atoms with E-state index in [0.29, 0.717) is 0 Å². The number of nitrogens with zero attached hydrogens (tertiary/aromatic N) is 1. The molecule has 0 aromatic heterocycles. The van der Waals surface area contributed by atoms with Crippen LogP contribution in [0.4, 0.5) is 4.39 Å². The molecule has 0 spiro atoms. The predicted molar refractivity (Wildman–Crippen MR) is 91.3 cm³/mol. The Labute approximate surface area is 146 Å². The lowest BCUT2D eigenvalue weighted by molar-refractivity contribution is -0.132. The molecule has 1 aliphatic rings. The maximum absolute atomic E-state index is 12.9. The van der Waals surface area contributed by atoms with Gasteiger partial charge in [-0.1, -0.05) is 13.8 Å². The summed E-state index contributed by atoms with van der Waals surface area (Å²) < 4.78 is 12.9. The summed E-state index contributed by atoms with van der Waals surface area (Å²) in [6.45, 7) is 4.98. The van der Waals surface area contributed by atoms with Crippen LogP contribution in [-0.4, -0.2) is 48.3 Å². The van der Waals surface area contributed by atoms with Crippen LogP contribution >= 0.6 is 0 Å². The number of benzene rings is 1. The van der Waals surface area contributed by atoms with Crippen molar-refractivity contribution in [2.45, 2.75) is 32.7 Å². The molecule has 0 aliphatic carbocycles. The highest BCUT2D eigenvalue weighted by Gasteiger charge is 2.26. The van der Waals surface area contributed by atoms with Crippen molar-refractivity contribution in [2.24, 2.45) is 5.92 Å². The number of amides is 3. The summed E-state index contributed by atoms with van der Waals surface area (Å²) in [6.07, 6.45) is 1.98. The van der Waals surface area contributed by atoms with E-state index in [1.54, 1.807) is 18.7 Å². The third-order valence-electron chi connectivity index (χ3n) is 4.21. The molecule has 6 nitrogen and oxygen atoms in total. The van der Waals surface area contributed by atoms with E-state index < -0.39 is 23.7 Å². The summed E-state index contributed by atoms with van der Waals surface area (Å²) in [4.78, 5) is 38.3. The summed E-state index contributed by atoms with van der Waals surface area (Å²) in [5.41, 5.74) is 0.271. The molecule has 0 radical (unpaired) electrons. The quantitative estimate of drug-likeness (QED) is 0.813. The van der Waals surface area contributed by atoms with Gasteiger partial charge in [0.05, 0.1) is 6.54 Å². The minimum atomic E-state index is -0.774. The van der Waals surface area contributed by atoms with E-state index in [1.165, 1.54) is 24.3 Å². The molecule has 0 saturated carbocycles. The molecule has 136 valence electrons. The van der Waals surface area contributed by atoms with Gasteiger partial charge < -0.3 is 15.5 Å². The van der Waals surface area contributed by atoms with E-state index >= 15 is 0 Å². The highest BCUT2D eigenvalue weighted by atomic mass is 19.1. The second-order valence-electron chi connectivity index (χ2n) is 6.51. The molecular weight excluding hydrogens is 325 g/mol. The van der Waals surface area contributed by atoms with E-state index in [2.05, 4.69) is 10.6 Å². The monoisotopic (exact) mass is 349 g/mol. The summed E-state index contributed by atoms with van der Waals surface area (Å²) in [7, 11) is 0. The van der Waals surface area contributed by atoms with Gasteiger partial charge in [-0.15, -0.1) is 0 Å². The van der Waals surface area contributed by atoms with Crippen LogP contribution in [0.3, 0.4) is 0 Å².